The van der Waals surface area contributed by atoms with Gasteiger partial charge in [-0.25, -0.2) is 12.8 Å². The van der Waals surface area contributed by atoms with Crippen molar-refractivity contribution in [2.24, 2.45) is 0 Å². The molecule has 1 heterocycles. The van der Waals surface area contributed by atoms with Crippen molar-refractivity contribution < 1.29 is 17.6 Å². The van der Waals surface area contributed by atoms with E-state index in [0.717, 1.165) is 11.3 Å². The van der Waals surface area contributed by atoms with E-state index in [0.29, 0.717) is 11.3 Å². The van der Waals surface area contributed by atoms with Gasteiger partial charge in [-0.15, -0.1) is 11.3 Å². The van der Waals surface area contributed by atoms with Crippen LogP contribution in [0.1, 0.15) is 5.56 Å². The van der Waals surface area contributed by atoms with E-state index >= 15 is 0 Å². The SMILES string of the molecule is O=C(Cc1ccc(NS(=O)(=O)c2cccs2)cc1)Nc1ccccc1F. The number of amides is 1. The van der Waals surface area contributed by atoms with Crippen molar-refractivity contribution in [3.63, 3.8) is 0 Å². The van der Waals surface area contributed by atoms with E-state index in [1.165, 1.54) is 18.2 Å². The maximum atomic E-state index is 13.5. The van der Waals surface area contributed by atoms with Gasteiger partial charge < -0.3 is 5.32 Å². The monoisotopic (exact) mass is 390 g/mol. The summed E-state index contributed by atoms with van der Waals surface area (Å²) in [5.74, 6) is -0.860. The van der Waals surface area contributed by atoms with Gasteiger partial charge >= 0.3 is 0 Å². The van der Waals surface area contributed by atoms with Crippen LogP contribution in [0.5, 0.6) is 0 Å². The van der Waals surface area contributed by atoms with Crippen LogP contribution in [0.25, 0.3) is 0 Å². The lowest BCUT2D eigenvalue weighted by Gasteiger charge is -2.08. The Morgan fingerprint density at radius 2 is 1.73 bits per heavy atom. The minimum Gasteiger partial charge on any atom is -0.323 e. The quantitative estimate of drug-likeness (QED) is 0.671. The van der Waals surface area contributed by atoms with Crippen LogP contribution in [0, 0.1) is 5.82 Å². The Labute approximate surface area is 154 Å². The molecule has 0 saturated carbocycles. The van der Waals surface area contributed by atoms with Crippen LogP contribution in [0.3, 0.4) is 0 Å². The second-order valence-electron chi connectivity index (χ2n) is 5.44. The van der Waals surface area contributed by atoms with Gasteiger partial charge in [0.15, 0.2) is 0 Å². The Bertz CT molecular complexity index is 1000. The van der Waals surface area contributed by atoms with Crippen molar-refractivity contribution >= 4 is 38.6 Å². The smallest absolute Gasteiger partial charge is 0.271 e. The predicted molar refractivity (Wildman–Crippen MR) is 100 cm³/mol. The number of hydrogen-bond donors (Lipinski definition) is 2. The number of anilines is 2. The summed E-state index contributed by atoms with van der Waals surface area (Å²) in [4.78, 5) is 12.0. The van der Waals surface area contributed by atoms with Gasteiger partial charge in [-0.05, 0) is 41.3 Å². The number of hydrogen-bond acceptors (Lipinski definition) is 4. The van der Waals surface area contributed by atoms with Crippen LogP contribution in [-0.4, -0.2) is 14.3 Å². The molecule has 0 aliphatic rings. The predicted octanol–water partition coefficient (Wildman–Crippen LogP) is 3.87. The molecule has 0 aliphatic carbocycles. The summed E-state index contributed by atoms with van der Waals surface area (Å²) in [6.45, 7) is 0. The van der Waals surface area contributed by atoms with E-state index in [4.69, 9.17) is 0 Å². The number of nitrogens with one attached hydrogen (secondary N) is 2. The molecule has 3 rings (SSSR count). The molecule has 0 saturated heterocycles. The van der Waals surface area contributed by atoms with E-state index in [1.807, 2.05) is 0 Å². The van der Waals surface area contributed by atoms with Gasteiger partial charge in [0.25, 0.3) is 10.0 Å². The summed E-state index contributed by atoms with van der Waals surface area (Å²) < 4.78 is 40.6. The maximum absolute atomic E-state index is 13.5. The van der Waals surface area contributed by atoms with Gasteiger partial charge in [-0.2, -0.15) is 0 Å². The summed E-state index contributed by atoms with van der Waals surface area (Å²) in [7, 11) is -3.60. The summed E-state index contributed by atoms with van der Waals surface area (Å²) in [5, 5.41) is 4.19. The van der Waals surface area contributed by atoms with E-state index in [9.17, 15) is 17.6 Å². The second-order valence-corrected chi connectivity index (χ2v) is 8.30. The fraction of sp³-hybridized carbons (Fsp3) is 0.0556. The van der Waals surface area contributed by atoms with Crippen LogP contribution in [0.2, 0.25) is 0 Å². The lowest BCUT2D eigenvalue weighted by molar-refractivity contribution is -0.115. The number of carbonyl (C=O) groups is 1. The fourth-order valence-corrected chi connectivity index (χ4v) is 4.31. The number of thiophene rings is 1. The molecule has 0 spiro atoms. The third kappa shape index (κ3) is 4.47. The normalized spacial score (nSPS) is 11.1. The Morgan fingerprint density at radius 1 is 1.00 bits per heavy atom. The number of sulfonamides is 1. The van der Waals surface area contributed by atoms with E-state index in [1.54, 1.807) is 47.8 Å². The van der Waals surface area contributed by atoms with Crippen molar-refractivity contribution in [3.05, 3.63) is 77.4 Å². The second kappa shape index (κ2) is 7.67. The first-order chi connectivity index (χ1) is 12.4. The summed E-state index contributed by atoms with van der Waals surface area (Å²) in [6.07, 6.45) is 0.0479. The van der Waals surface area contributed by atoms with Crippen molar-refractivity contribution in [3.8, 4) is 0 Å². The maximum Gasteiger partial charge on any atom is 0.271 e. The third-order valence-electron chi connectivity index (χ3n) is 3.48. The van der Waals surface area contributed by atoms with Gasteiger partial charge in [0.1, 0.15) is 10.0 Å². The van der Waals surface area contributed by atoms with Gasteiger partial charge in [0.2, 0.25) is 5.91 Å². The molecule has 2 aromatic carbocycles. The van der Waals surface area contributed by atoms with Crippen LogP contribution < -0.4 is 10.0 Å². The molecule has 0 bridgehead atoms. The topological polar surface area (TPSA) is 75.3 Å². The first-order valence-electron chi connectivity index (χ1n) is 7.64. The number of rotatable bonds is 6. The lowest BCUT2D eigenvalue weighted by atomic mass is 10.1. The molecular formula is C18H15FN2O3S2. The van der Waals surface area contributed by atoms with Crippen LogP contribution in [0.15, 0.2) is 70.3 Å². The van der Waals surface area contributed by atoms with Crippen LogP contribution in [-0.2, 0) is 21.2 Å². The van der Waals surface area contributed by atoms with Crippen LogP contribution >= 0.6 is 11.3 Å². The van der Waals surface area contributed by atoms with Crippen molar-refractivity contribution in [1.29, 1.82) is 0 Å². The lowest BCUT2D eigenvalue weighted by Crippen LogP contribution is -2.15. The number of para-hydroxylation sites is 1. The minimum absolute atomic E-state index is 0.0479. The largest absolute Gasteiger partial charge is 0.323 e. The molecule has 0 aliphatic heterocycles. The fourth-order valence-electron chi connectivity index (χ4n) is 2.25. The van der Waals surface area contributed by atoms with Crippen molar-refractivity contribution in [2.75, 3.05) is 10.0 Å². The summed E-state index contributed by atoms with van der Waals surface area (Å²) >= 11 is 1.13. The van der Waals surface area contributed by atoms with Crippen molar-refractivity contribution in [1.82, 2.24) is 0 Å². The highest BCUT2D eigenvalue weighted by Gasteiger charge is 2.15. The molecule has 5 nitrogen and oxygen atoms in total. The van der Waals surface area contributed by atoms with E-state index in [-0.39, 0.29) is 22.2 Å². The van der Waals surface area contributed by atoms with Gasteiger partial charge in [0, 0.05) is 5.69 Å². The summed E-state index contributed by atoms with van der Waals surface area (Å²) in [6, 6.07) is 15.6. The highest BCUT2D eigenvalue weighted by Crippen LogP contribution is 2.20. The molecule has 26 heavy (non-hydrogen) atoms. The molecule has 0 radical (unpaired) electrons. The summed E-state index contributed by atoms with van der Waals surface area (Å²) in [5.41, 5.74) is 1.20. The molecule has 8 heteroatoms. The van der Waals surface area contributed by atoms with Gasteiger partial charge in [-0.3, -0.25) is 9.52 Å². The van der Waals surface area contributed by atoms with Gasteiger partial charge in [-0.1, -0.05) is 30.3 Å². The Balaban J connectivity index is 1.63. The molecule has 134 valence electrons. The zero-order valence-electron chi connectivity index (χ0n) is 13.5. The Kier molecular flexibility index (Phi) is 5.34. The number of carbonyl (C=O) groups excluding carboxylic acids is 1. The average molecular weight is 390 g/mol. The van der Waals surface area contributed by atoms with Crippen LogP contribution in [0.4, 0.5) is 15.8 Å². The minimum atomic E-state index is -3.60. The highest BCUT2D eigenvalue weighted by molar-refractivity contribution is 7.94. The van der Waals surface area contributed by atoms with E-state index < -0.39 is 15.8 Å². The molecule has 0 unspecified atom stereocenters. The van der Waals surface area contributed by atoms with Gasteiger partial charge in [0.05, 0.1) is 12.1 Å². The molecule has 3 aromatic rings. The zero-order valence-corrected chi connectivity index (χ0v) is 15.1. The first kappa shape index (κ1) is 18.1. The molecule has 0 atom stereocenters. The molecule has 1 aromatic heterocycles. The molecule has 0 fully saturated rings. The Morgan fingerprint density at radius 3 is 2.38 bits per heavy atom. The highest BCUT2D eigenvalue weighted by atomic mass is 32.2. The average Bonchev–Trinajstić information content (AvgIpc) is 3.14. The first-order valence-corrected chi connectivity index (χ1v) is 10.00. The number of halogens is 1. The molecule has 2 N–H and O–H groups in total. The standard InChI is InChI=1S/C18H15FN2O3S2/c19-15-4-1-2-5-16(15)20-17(22)12-13-7-9-14(10-8-13)21-26(23,24)18-6-3-11-25-18/h1-11,21H,12H2,(H,20,22). The molecule has 1 amide bonds. The Hall–Kier alpha value is -2.71. The van der Waals surface area contributed by atoms with E-state index in [2.05, 4.69) is 10.0 Å². The molecular weight excluding hydrogens is 375 g/mol. The number of benzene rings is 2. The third-order valence-corrected chi connectivity index (χ3v) is 6.26. The zero-order chi connectivity index (χ0) is 18.6. The van der Waals surface area contributed by atoms with Crippen molar-refractivity contribution in [2.45, 2.75) is 10.6 Å².